The van der Waals surface area contributed by atoms with Gasteiger partial charge < -0.3 is 5.32 Å². The first-order chi connectivity index (χ1) is 8.72. The highest BCUT2D eigenvalue weighted by Gasteiger charge is 2.23. The van der Waals surface area contributed by atoms with Gasteiger partial charge in [-0.05, 0) is 25.0 Å². The van der Waals surface area contributed by atoms with Gasteiger partial charge in [0.1, 0.15) is 0 Å². The van der Waals surface area contributed by atoms with Crippen molar-refractivity contribution in [2.45, 2.75) is 26.3 Å². The minimum Gasteiger partial charge on any atom is -0.314 e. The molecular formula is C15H21N3. The molecule has 0 unspecified atom stereocenters. The normalized spacial score (nSPS) is 18.3. The molecule has 3 heteroatoms. The number of rotatable bonds is 3. The van der Waals surface area contributed by atoms with Gasteiger partial charge in [0.05, 0.1) is 12.5 Å². The van der Waals surface area contributed by atoms with E-state index < -0.39 is 0 Å². The quantitative estimate of drug-likeness (QED) is 0.884. The molecule has 0 spiro atoms. The molecule has 18 heavy (non-hydrogen) atoms. The van der Waals surface area contributed by atoms with Crippen LogP contribution in [0.3, 0.4) is 0 Å². The number of nitrogens with one attached hydrogen (secondary N) is 1. The van der Waals surface area contributed by atoms with Crippen molar-refractivity contribution in [1.29, 1.82) is 5.26 Å². The fourth-order valence-electron chi connectivity index (χ4n) is 2.72. The minimum atomic E-state index is 0.248. The first-order valence-electron chi connectivity index (χ1n) is 6.61. The highest BCUT2D eigenvalue weighted by molar-refractivity contribution is 5.33. The second kappa shape index (κ2) is 5.99. The van der Waals surface area contributed by atoms with E-state index in [9.17, 15) is 0 Å². The summed E-state index contributed by atoms with van der Waals surface area (Å²) in [7, 11) is 0. The average Bonchev–Trinajstić information content (AvgIpc) is 2.38. The zero-order valence-corrected chi connectivity index (χ0v) is 11.2. The van der Waals surface area contributed by atoms with Gasteiger partial charge in [-0.1, -0.05) is 23.8 Å². The first-order valence-corrected chi connectivity index (χ1v) is 6.61. The van der Waals surface area contributed by atoms with Gasteiger partial charge in [-0.2, -0.15) is 5.26 Å². The summed E-state index contributed by atoms with van der Waals surface area (Å²) in [5, 5.41) is 12.4. The fraction of sp³-hybridized carbons (Fsp3) is 0.533. The number of nitrogens with zero attached hydrogens (tertiary/aromatic N) is 2. The molecule has 0 radical (unpaired) electrons. The molecule has 0 aromatic heterocycles. The monoisotopic (exact) mass is 243 g/mol. The van der Waals surface area contributed by atoms with Crippen LogP contribution in [0.1, 0.15) is 29.2 Å². The zero-order chi connectivity index (χ0) is 13.0. The molecule has 1 atom stereocenters. The van der Waals surface area contributed by atoms with Crippen molar-refractivity contribution < 1.29 is 0 Å². The minimum absolute atomic E-state index is 0.248. The number of piperazine rings is 1. The van der Waals surface area contributed by atoms with Crippen LogP contribution in [0.2, 0.25) is 0 Å². The number of nitriles is 1. The maximum atomic E-state index is 9.08. The van der Waals surface area contributed by atoms with Crippen LogP contribution >= 0.6 is 0 Å². The zero-order valence-electron chi connectivity index (χ0n) is 11.2. The predicted octanol–water partition coefficient (Wildman–Crippen LogP) is 2.16. The number of hydrogen-bond donors (Lipinski definition) is 1. The van der Waals surface area contributed by atoms with E-state index in [1.54, 1.807) is 0 Å². The Bertz CT molecular complexity index is 442. The van der Waals surface area contributed by atoms with E-state index >= 15 is 0 Å². The topological polar surface area (TPSA) is 39.1 Å². The van der Waals surface area contributed by atoms with Gasteiger partial charge >= 0.3 is 0 Å². The number of aryl methyl sites for hydroxylation is 2. The van der Waals surface area contributed by atoms with Crippen LogP contribution in [0.25, 0.3) is 0 Å². The Kier molecular flexibility index (Phi) is 4.35. The largest absolute Gasteiger partial charge is 0.314 e. The van der Waals surface area contributed by atoms with Crippen LogP contribution in [-0.4, -0.2) is 31.1 Å². The summed E-state index contributed by atoms with van der Waals surface area (Å²) >= 11 is 0. The summed E-state index contributed by atoms with van der Waals surface area (Å²) < 4.78 is 0. The number of hydrogen-bond acceptors (Lipinski definition) is 3. The van der Waals surface area contributed by atoms with Crippen LogP contribution in [0.15, 0.2) is 18.2 Å². The molecule has 1 fully saturated rings. The maximum absolute atomic E-state index is 9.08. The van der Waals surface area contributed by atoms with Gasteiger partial charge in [-0.25, -0.2) is 0 Å². The lowest BCUT2D eigenvalue weighted by Gasteiger charge is -2.34. The summed E-state index contributed by atoms with van der Waals surface area (Å²) in [6, 6.07) is 9.14. The Morgan fingerprint density at radius 3 is 2.67 bits per heavy atom. The van der Waals surface area contributed by atoms with Crippen molar-refractivity contribution in [2.24, 2.45) is 0 Å². The summed E-state index contributed by atoms with van der Waals surface area (Å²) in [6.45, 7) is 8.36. The van der Waals surface area contributed by atoms with Gasteiger partial charge in [0.2, 0.25) is 0 Å². The molecule has 1 aromatic rings. The fourth-order valence-corrected chi connectivity index (χ4v) is 2.72. The smallest absolute Gasteiger partial charge is 0.0641 e. The van der Waals surface area contributed by atoms with E-state index in [0.717, 1.165) is 26.2 Å². The molecule has 1 aliphatic rings. The van der Waals surface area contributed by atoms with Crippen molar-refractivity contribution in [1.82, 2.24) is 10.2 Å². The predicted molar refractivity (Wildman–Crippen MR) is 73.3 cm³/mol. The van der Waals surface area contributed by atoms with E-state index in [0.29, 0.717) is 6.42 Å². The lowest BCUT2D eigenvalue weighted by molar-refractivity contribution is 0.175. The molecule has 1 aromatic carbocycles. The van der Waals surface area contributed by atoms with E-state index in [-0.39, 0.29) is 6.04 Å². The van der Waals surface area contributed by atoms with Crippen LogP contribution in [0.4, 0.5) is 0 Å². The molecule has 3 nitrogen and oxygen atoms in total. The molecule has 0 amide bonds. The molecule has 0 saturated carbocycles. The van der Waals surface area contributed by atoms with Crippen molar-refractivity contribution in [3.63, 3.8) is 0 Å². The Labute approximate surface area is 109 Å². The molecule has 0 bridgehead atoms. The van der Waals surface area contributed by atoms with Gasteiger partial charge in [0.25, 0.3) is 0 Å². The second-order valence-corrected chi connectivity index (χ2v) is 5.02. The molecule has 2 rings (SSSR count). The van der Waals surface area contributed by atoms with E-state index in [4.69, 9.17) is 5.26 Å². The van der Waals surface area contributed by atoms with Gasteiger partial charge in [-0.3, -0.25) is 4.90 Å². The summed E-state index contributed by atoms with van der Waals surface area (Å²) in [5.41, 5.74) is 3.89. The third kappa shape index (κ3) is 2.90. The van der Waals surface area contributed by atoms with Crippen LogP contribution < -0.4 is 5.32 Å². The van der Waals surface area contributed by atoms with Gasteiger partial charge in [-0.15, -0.1) is 0 Å². The summed E-state index contributed by atoms with van der Waals surface area (Å²) in [5.74, 6) is 0. The van der Waals surface area contributed by atoms with Crippen LogP contribution in [-0.2, 0) is 0 Å². The lowest BCUT2D eigenvalue weighted by atomic mass is 9.96. The molecular weight excluding hydrogens is 222 g/mol. The molecule has 0 aliphatic carbocycles. The third-order valence-electron chi connectivity index (χ3n) is 3.66. The van der Waals surface area contributed by atoms with E-state index in [1.165, 1.54) is 16.7 Å². The highest BCUT2D eigenvalue weighted by atomic mass is 15.2. The maximum Gasteiger partial charge on any atom is 0.0641 e. The van der Waals surface area contributed by atoms with E-state index in [2.05, 4.69) is 48.3 Å². The Morgan fingerprint density at radius 2 is 2.06 bits per heavy atom. The standard InChI is InChI=1S/C15H21N3/c1-12-3-4-14(13(2)11-12)15(5-6-16)18-9-7-17-8-10-18/h3-4,11,15,17H,5,7-10H2,1-2H3/t15-/m1/s1. The van der Waals surface area contributed by atoms with E-state index in [1.807, 2.05) is 0 Å². The average molecular weight is 243 g/mol. The molecule has 1 saturated heterocycles. The second-order valence-electron chi connectivity index (χ2n) is 5.02. The van der Waals surface area contributed by atoms with Crippen LogP contribution in [0.5, 0.6) is 0 Å². The van der Waals surface area contributed by atoms with Gasteiger partial charge in [0, 0.05) is 32.2 Å². The SMILES string of the molecule is Cc1ccc([C@@H](CC#N)N2CCNCC2)c(C)c1. The molecule has 1 N–H and O–H groups in total. The first kappa shape index (κ1) is 13.1. The lowest BCUT2D eigenvalue weighted by Crippen LogP contribution is -2.45. The molecule has 1 aliphatic heterocycles. The summed E-state index contributed by atoms with van der Waals surface area (Å²) in [4.78, 5) is 2.43. The van der Waals surface area contributed by atoms with Crippen molar-refractivity contribution in [2.75, 3.05) is 26.2 Å². The summed E-state index contributed by atoms with van der Waals surface area (Å²) in [6.07, 6.45) is 0.573. The Morgan fingerprint density at radius 1 is 1.33 bits per heavy atom. The van der Waals surface area contributed by atoms with Gasteiger partial charge in [0.15, 0.2) is 0 Å². The van der Waals surface area contributed by atoms with Crippen LogP contribution in [0, 0.1) is 25.2 Å². The third-order valence-corrected chi connectivity index (χ3v) is 3.66. The Balaban J connectivity index is 2.25. The highest BCUT2D eigenvalue weighted by Crippen LogP contribution is 2.27. The van der Waals surface area contributed by atoms with Crippen molar-refractivity contribution in [3.8, 4) is 6.07 Å². The van der Waals surface area contributed by atoms with Crippen molar-refractivity contribution >= 4 is 0 Å². The Hall–Kier alpha value is -1.37. The molecule has 1 heterocycles. The van der Waals surface area contributed by atoms with Crippen molar-refractivity contribution in [3.05, 3.63) is 34.9 Å². The molecule has 96 valence electrons. The number of benzene rings is 1.